The van der Waals surface area contributed by atoms with Crippen LogP contribution in [0.3, 0.4) is 0 Å². The molecule has 1 aromatic carbocycles. The monoisotopic (exact) mass is 260 g/mol. The van der Waals surface area contributed by atoms with Crippen LogP contribution in [0, 0.1) is 0 Å². The maximum atomic E-state index is 6.37. The summed E-state index contributed by atoms with van der Waals surface area (Å²) in [6.45, 7) is 5.18. The second-order valence-electron chi connectivity index (χ2n) is 6.56. The Morgan fingerprint density at radius 3 is 2.68 bits per heavy atom. The molecule has 2 aliphatic rings. The van der Waals surface area contributed by atoms with Crippen LogP contribution in [0.2, 0.25) is 0 Å². The summed E-state index contributed by atoms with van der Waals surface area (Å²) in [5.41, 5.74) is 1.20. The third kappa shape index (κ3) is 2.70. The number of rotatable bonds is 3. The second-order valence-corrected chi connectivity index (χ2v) is 6.56. The predicted octanol–water partition coefficient (Wildman–Crippen LogP) is 4.08. The standard InChI is InChI=1S/C17H24O2/c1-16-10-6-7-11-17(2,19-16)15(12-16)18-13-14-8-4-3-5-9-14/h3-5,8-9,15H,6-7,10-13H2,1-2H3/t15-,16-,17+/m1/s1. The van der Waals surface area contributed by atoms with Crippen molar-refractivity contribution >= 4 is 0 Å². The van der Waals surface area contributed by atoms with Gasteiger partial charge in [-0.25, -0.2) is 0 Å². The van der Waals surface area contributed by atoms with E-state index in [-0.39, 0.29) is 17.3 Å². The summed E-state index contributed by atoms with van der Waals surface area (Å²) in [7, 11) is 0. The van der Waals surface area contributed by atoms with Gasteiger partial charge in [0.05, 0.1) is 23.9 Å². The Bertz CT molecular complexity index is 430. The van der Waals surface area contributed by atoms with Crippen molar-refractivity contribution in [1.29, 1.82) is 0 Å². The van der Waals surface area contributed by atoms with Crippen LogP contribution in [0.1, 0.15) is 51.5 Å². The molecular formula is C17H24O2. The molecule has 0 amide bonds. The zero-order valence-electron chi connectivity index (χ0n) is 12.0. The Balaban J connectivity index is 1.68. The SMILES string of the molecule is C[C@]12CCCC[C@](C)(O1)[C@H](OCc1ccccc1)C2. The maximum Gasteiger partial charge on any atom is 0.0923 e. The van der Waals surface area contributed by atoms with Crippen LogP contribution in [-0.4, -0.2) is 17.3 Å². The number of hydrogen-bond acceptors (Lipinski definition) is 2. The molecule has 0 aromatic heterocycles. The van der Waals surface area contributed by atoms with Crippen molar-refractivity contribution in [3.63, 3.8) is 0 Å². The first-order chi connectivity index (χ1) is 9.10. The van der Waals surface area contributed by atoms with E-state index >= 15 is 0 Å². The van der Waals surface area contributed by atoms with Gasteiger partial charge in [0, 0.05) is 6.42 Å². The highest BCUT2D eigenvalue weighted by atomic mass is 16.6. The number of hydrogen-bond donors (Lipinski definition) is 0. The van der Waals surface area contributed by atoms with Crippen molar-refractivity contribution < 1.29 is 9.47 Å². The molecule has 0 N–H and O–H groups in total. The smallest absolute Gasteiger partial charge is 0.0923 e. The second kappa shape index (κ2) is 4.92. The molecule has 2 heteroatoms. The molecule has 1 aromatic rings. The van der Waals surface area contributed by atoms with Gasteiger partial charge in [0.1, 0.15) is 0 Å². The summed E-state index contributed by atoms with van der Waals surface area (Å²) in [5, 5.41) is 0. The molecule has 2 fully saturated rings. The summed E-state index contributed by atoms with van der Waals surface area (Å²) >= 11 is 0. The highest BCUT2D eigenvalue weighted by Gasteiger charge is 2.52. The van der Waals surface area contributed by atoms with Crippen LogP contribution in [0.5, 0.6) is 0 Å². The van der Waals surface area contributed by atoms with Crippen LogP contribution >= 0.6 is 0 Å². The molecule has 0 spiro atoms. The van der Waals surface area contributed by atoms with Gasteiger partial charge in [-0.1, -0.05) is 43.2 Å². The zero-order valence-corrected chi connectivity index (χ0v) is 12.0. The number of benzene rings is 1. The van der Waals surface area contributed by atoms with Crippen LogP contribution < -0.4 is 0 Å². The highest BCUT2D eigenvalue weighted by molar-refractivity contribution is 5.13. The van der Waals surface area contributed by atoms with Crippen molar-refractivity contribution in [2.75, 3.05) is 0 Å². The van der Waals surface area contributed by atoms with Gasteiger partial charge in [-0.05, 0) is 32.3 Å². The van der Waals surface area contributed by atoms with Crippen LogP contribution in [0.25, 0.3) is 0 Å². The van der Waals surface area contributed by atoms with E-state index in [4.69, 9.17) is 9.47 Å². The fourth-order valence-corrected chi connectivity index (χ4v) is 3.62. The molecule has 3 atom stereocenters. The van der Waals surface area contributed by atoms with Gasteiger partial charge in [0.2, 0.25) is 0 Å². The van der Waals surface area contributed by atoms with Gasteiger partial charge < -0.3 is 9.47 Å². The lowest BCUT2D eigenvalue weighted by atomic mass is 9.85. The van der Waals surface area contributed by atoms with Gasteiger partial charge in [-0.3, -0.25) is 0 Å². The predicted molar refractivity (Wildman–Crippen MR) is 76.0 cm³/mol. The minimum Gasteiger partial charge on any atom is -0.370 e. The van der Waals surface area contributed by atoms with Gasteiger partial charge in [0.15, 0.2) is 0 Å². The molecule has 2 aliphatic heterocycles. The molecule has 0 unspecified atom stereocenters. The zero-order chi connectivity index (χ0) is 13.3. The van der Waals surface area contributed by atoms with E-state index in [0.717, 1.165) is 12.8 Å². The minimum absolute atomic E-state index is 0.0343. The third-order valence-corrected chi connectivity index (χ3v) is 4.70. The average Bonchev–Trinajstić information content (AvgIpc) is 2.54. The van der Waals surface area contributed by atoms with E-state index in [1.807, 2.05) is 6.07 Å². The summed E-state index contributed by atoms with van der Waals surface area (Å²) in [6.07, 6.45) is 6.12. The Hall–Kier alpha value is -0.860. The van der Waals surface area contributed by atoms with E-state index < -0.39 is 0 Å². The third-order valence-electron chi connectivity index (χ3n) is 4.70. The minimum atomic E-state index is -0.0833. The van der Waals surface area contributed by atoms with Crippen molar-refractivity contribution in [2.24, 2.45) is 0 Å². The molecular weight excluding hydrogens is 236 g/mol. The topological polar surface area (TPSA) is 18.5 Å². The van der Waals surface area contributed by atoms with Crippen molar-refractivity contribution in [3.05, 3.63) is 35.9 Å². The van der Waals surface area contributed by atoms with Gasteiger partial charge >= 0.3 is 0 Å². The van der Waals surface area contributed by atoms with Crippen molar-refractivity contribution in [2.45, 2.75) is 69.9 Å². The normalized spacial score (nSPS) is 38.1. The fraction of sp³-hybridized carbons (Fsp3) is 0.647. The van der Waals surface area contributed by atoms with Crippen LogP contribution in [-0.2, 0) is 16.1 Å². The summed E-state index contributed by atoms with van der Waals surface area (Å²) in [5.74, 6) is 0. The Labute approximate surface area is 116 Å². The van der Waals surface area contributed by atoms with Gasteiger partial charge in [-0.15, -0.1) is 0 Å². The molecule has 2 bridgehead atoms. The highest BCUT2D eigenvalue weighted by Crippen LogP contribution is 2.47. The van der Waals surface area contributed by atoms with Crippen molar-refractivity contribution in [1.82, 2.24) is 0 Å². The lowest BCUT2D eigenvalue weighted by Gasteiger charge is -2.30. The Kier molecular flexibility index (Phi) is 3.40. The van der Waals surface area contributed by atoms with E-state index in [0.29, 0.717) is 6.61 Å². The maximum absolute atomic E-state index is 6.37. The largest absolute Gasteiger partial charge is 0.370 e. The molecule has 0 radical (unpaired) electrons. The summed E-state index contributed by atoms with van der Waals surface area (Å²) < 4.78 is 12.6. The first kappa shape index (κ1) is 13.1. The molecule has 2 saturated heterocycles. The first-order valence-corrected chi connectivity index (χ1v) is 7.45. The van der Waals surface area contributed by atoms with Crippen LogP contribution in [0.15, 0.2) is 30.3 Å². The molecule has 0 saturated carbocycles. The fourth-order valence-electron chi connectivity index (χ4n) is 3.62. The first-order valence-electron chi connectivity index (χ1n) is 7.45. The molecule has 0 aliphatic carbocycles. The number of ether oxygens (including phenoxy) is 2. The van der Waals surface area contributed by atoms with Gasteiger partial charge in [0.25, 0.3) is 0 Å². The van der Waals surface area contributed by atoms with E-state index in [1.54, 1.807) is 0 Å². The molecule has 3 rings (SSSR count). The lowest BCUT2D eigenvalue weighted by Crippen LogP contribution is -2.37. The van der Waals surface area contributed by atoms with Crippen molar-refractivity contribution in [3.8, 4) is 0 Å². The van der Waals surface area contributed by atoms with E-state index in [2.05, 4.69) is 38.1 Å². The lowest BCUT2D eigenvalue weighted by molar-refractivity contribution is -0.119. The Morgan fingerprint density at radius 1 is 1.16 bits per heavy atom. The molecule has 104 valence electrons. The molecule has 2 nitrogen and oxygen atoms in total. The number of fused-ring (bicyclic) bond motifs is 2. The van der Waals surface area contributed by atoms with Crippen LogP contribution in [0.4, 0.5) is 0 Å². The molecule has 19 heavy (non-hydrogen) atoms. The quantitative estimate of drug-likeness (QED) is 0.815. The van der Waals surface area contributed by atoms with E-state index in [1.165, 1.54) is 24.8 Å². The molecule has 2 heterocycles. The van der Waals surface area contributed by atoms with E-state index in [9.17, 15) is 0 Å². The average molecular weight is 260 g/mol. The Morgan fingerprint density at radius 2 is 1.89 bits per heavy atom. The summed E-state index contributed by atoms with van der Waals surface area (Å²) in [6, 6.07) is 10.4. The van der Waals surface area contributed by atoms with Gasteiger partial charge in [-0.2, -0.15) is 0 Å². The summed E-state index contributed by atoms with van der Waals surface area (Å²) in [4.78, 5) is 0.